The minimum absolute atomic E-state index is 0.0976. The van der Waals surface area contributed by atoms with Crippen LogP contribution in [0.25, 0.3) is 0 Å². The maximum atomic E-state index is 12.3. The van der Waals surface area contributed by atoms with Gasteiger partial charge in [0.25, 0.3) is 0 Å². The average Bonchev–Trinajstić information content (AvgIpc) is 2.36. The van der Waals surface area contributed by atoms with Crippen LogP contribution in [0.15, 0.2) is 21.4 Å². The molecule has 6 nitrogen and oxygen atoms in total. The van der Waals surface area contributed by atoms with Gasteiger partial charge in [0.2, 0.25) is 0 Å². The van der Waals surface area contributed by atoms with E-state index < -0.39 is 23.1 Å². The number of nitrogens with one attached hydrogen (secondary N) is 2. The molecule has 0 spiro atoms. The average molecular weight is 420 g/mol. The van der Waals surface area contributed by atoms with Crippen LogP contribution in [0, 0.1) is 0 Å². The highest BCUT2D eigenvalue weighted by atomic mass is 35.5. The standard InChI is InChI=1S/C14H22Cl4N4O2/c1-13(2,3)21(7-9(15)16)11(23)19-20-12(24)22(8-10(17)18)14(4,5)6/h7-8H,1-6H3,(H,19,23)(H,20,24). The number of halogens is 4. The van der Waals surface area contributed by atoms with E-state index in [1.54, 1.807) is 41.5 Å². The molecule has 0 aromatic rings. The van der Waals surface area contributed by atoms with E-state index in [4.69, 9.17) is 46.4 Å². The smallest absolute Gasteiger partial charge is 0.292 e. The maximum absolute atomic E-state index is 12.3. The Bertz CT molecular complexity index is 480. The molecule has 0 aromatic heterocycles. The molecule has 0 aliphatic carbocycles. The Hall–Kier alpha value is -0.820. The molecule has 0 saturated carbocycles. The van der Waals surface area contributed by atoms with Crippen molar-refractivity contribution in [1.29, 1.82) is 0 Å². The van der Waals surface area contributed by atoms with Gasteiger partial charge in [0.1, 0.15) is 8.98 Å². The van der Waals surface area contributed by atoms with Gasteiger partial charge >= 0.3 is 12.1 Å². The number of carbonyl (C=O) groups excluding carboxylic acids is 2. The molecule has 0 atom stereocenters. The molecule has 0 aliphatic rings. The molecule has 0 fully saturated rings. The summed E-state index contributed by atoms with van der Waals surface area (Å²) in [7, 11) is 0. The van der Waals surface area contributed by atoms with Gasteiger partial charge in [-0.25, -0.2) is 20.4 Å². The molecule has 10 heteroatoms. The molecule has 4 amide bonds. The number of hydrazine groups is 1. The number of hydrogen-bond acceptors (Lipinski definition) is 2. The Morgan fingerprint density at radius 2 is 0.958 bits per heavy atom. The Morgan fingerprint density at radius 3 is 1.12 bits per heavy atom. The fraction of sp³-hybridized carbons (Fsp3) is 0.571. The van der Waals surface area contributed by atoms with Crippen molar-refractivity contribution in [3.05, 3.63) is 21.4 Å². The lowest BCUT2D eigenvalue weighted by Gasteiger charge is -2.34. The van der Waals surface area contributed by atoms with Gasteiger partial charge in [0.15, 0.2) is 0 Å². The second-order valence-corrected chi connectivity index (χ2v) is 8.80. The summed E-state index contributed by atoms with van der Waals surface area (Å²) >= 11 is 22.5. The lowest BCUT2D eigenvalue weighted by atomic mass is 10.1. The number of carbonyl (C=O) groups is 2. The summed E-state index contributed by atoms with van der Waals surface area (Å²) in [5.74, 6) is 0. The third kappa shape index (κ3) is 8.33. The van der Waals surface area contributed by atoms with Crippen LogP contribution in [-0.2, 0) is 0 Å². The number of hydrogen-bond donors (Lipinski definition) is 2. The van der Waals surface area contributed by atoms with Crippen molar-refractivity contribution in [1.82, 2.24) is 20.7 Å². The van der Waals surface area contributed by atoms with Gasteiger partial charge < -0.3 is 0 Å². The lowest BCUT2D eigenvalue weighted by molar-refractivity contribution is 0.159. The zero-order valence-electron chi connectivity index (χ0n) is 14.4. The monoisotopic (exact) mass is 418 g/mol. The van der Waals surface area contributed by atoms with Crippen molar-refractivity contribution < 1.29 is 9.59 Å². The predicted molar refractivity (Wildman–Crippen MR) is 99.8 cm³/mol. The largest absolute Gasteiger partial charge is 0.340 e. The molecule has 0 unspecified atom stereocenters. The third-order valence-electron chi connectivity index (χ3n) is 2.61. The SMILES string of the molecule is CC(C)(C)N(C=C(Cl)Cl)C(=O)NNC(=O)N(C=C(Cl)Cl)C(C)(C)C. The Balaban J connectivity index is 5.15. The van der Waals surface area contributed by atoms with Crippen molar-refractivity contribution in [2.24, 2.45) is 0 Å². The van der Waals surface area contributed by atoms with Gasteiger partial charge in [0, 0.05) is 23.5 Å². The van der Waals surface area contributed by atoms with E-state index in [0.29, 0.717) is 0 Å². The highest BCUT2D eigenvalue weighted by Gasteiger charge is 2.28. The lowest BCUT2D eigenvalue weighted by Crippen LogP contribution is -2.56. The topological polar surface area (TPSA) is 64.7 Å². The van der Waals surface area contributed by atoms with Gasteiger partial charge in [-0.3, -0.25) is 9.80 Å². The van der Waals surface area contributed by atoms with Crippen molar-refractivity contribution in [3.8, 4) is 0 Å². The first-order chi connectivity index (χ1) is 10.7. The Labute approximate surface area is 162 Å². The van der Waals surface area contributed by atoms with Crippen LogP contribution in [0.4, 0.5) is 9.59 Å². The minimum atomic E-state index is -0.621. The second kappa shape index (κ2) is 9.04. The summed E-state index contributed by atoms with van der Waals surface area (Å²) in [6.45, 7) is 10.7. The maximum Gasteiger partial charge on any atom is 0.340 e. The van der Waals surface area contributed by atoms with Crippen LogP contribution in [0.1, 0.15) is 41.5 Å². The second-order valence-electron chi connectivity index (χ2n) is 6.78. The Kier molecular flexibility index (Phi) is 8.73. The molecule has 0 aliphatic heterocycles. The quantitative estimate of drug-likeness (QED) is 0.613. The van der Waals surface area contributed by atoms with E-state index in [1.807, 2.05) is 0 Å². The molecule has 0 radical (unpaired) electrons. The van der Waals surface area contributed by atoms with Crippen LogP contribution < -0.4 is 10.9 Å². The van der Waals surface area contributed by atoms with Gasteiger partial charge in [-0.1, -0.05) is 46.4 Å². The van der Waals surface area contributed by atoms with Crippen molar-refractivity contribution in [2.75, 3.05) is 0 Å². The molecule has 0 rings (SSSR count). The van der Waals surface area contributed by atoms with Crippen LogP contribution >= 0.6 is 46.4 Å². The molecular weight excluding hydrogens is 398 g/mol. The first-order valence-electron chi connectivity index (χ1n) is 6.90. The fourth-order valence-corrected chi connectivity index (χ4v) is 1.93. The predicted octanol–water partition coefficient (Wildman–Crippen LogP) is 5.07. The van der Waals surface area contributed by atoms with E-state index >= 15 is 0 Å². The van der Waals surface area contributed by atoms with Gasteiger partial charge in [-0.05, 0) is 41.5 Å². The van der Waals surface area contributed by atoms with E-state index in [1.165, 1.54) is 22.2 Å². The van der Waals surface area contributed by atoms with Gasteiger partial charge in [-0.2, -0.15) is 0 Å². The van der Waals surface area contributed by atoms with Crippen molar-refractivity contribution >= 4 is 58.5 Å². The van der Waals surface area contributed by atoms with E-state index in [0.717, 1.165) is 0 Å². The number of nitrogens with zero attached hydrogens (tertiary/aromatic N) is 2. The molecule has 2 N–H and O–H groups in total. The summed E-state index contributed by atoms with van der Waals surface area (Å²) in [5.41, 5.74) is 3.34. The minimum Gasteiger partial charge on any atom is -0.292 e. The summed E-state index contributed by atoms with van der Waals surface area (Å²) in [5, 5.41) is 0. The number of urea groups is 2. The normalized spacial score (nSPS) is 11.2. The Morgan fingerprint density at radius 1 is 0.708 bits per heavy atom. The molecule has 0 heterocycles. The van der Waals surface area contributed by atoms with Crippen LogP contribution in [-0.4, -0.2) is 32.9 Å². The first kappa shape index (κ1) is 23.2. The van der Waals surface area contributed by atoms with Crippen LogP contribution in [0.3, 0.4) is 0 Å². The fourth-order valence-electron chi connectivity index (χ4n) is 1.54. The number of rotatable bonds is 2. The highest BCUT2D eigenvalue weighted by molar-refractivity contribution is 6.56. The molecule has 0 bridgehead atoms. The molecule has 0 saturated heterocycles. The van der Waals surface area contributed by atoms with Gasteiger partial charge in [-0.15, -0.1) is 0 Å². The molecule has 24 heavy (non-hydrogen) atoms. The molecule has 0 aromatic carbocycles. The van der Waals surface area contributed by atoms with Gasteiger partial charge in [0.05, 0.1) is 0 Å². The highest BCUT2D eigenvalue weighted by Crippen LogP contribution is 2.19. The summed E-state index contributed by atoms with van der Waals surface area (Å²) in [6, 6.07) is -1.24. The van der Waals surface area contributed by atoms with E-state index in [9.17, 15) is 9.59 Å². The third-order valence-corrected chi connectivity index (χ3v) is 3.00. The first-order valence-corrected chi connectivity index (χ1v) is 8.41. The van der Waals surface area contributed by atoms with E-state index in [2.05, 4.69) is 10.9 Å². The van der Waals surface area contributed by atoms with Crippen molar-refractivity contribution in [2.45, 2.75) is 52.6 Å². The summed E-state index contributed by atoms with van der Waals surface area (Å²) < 4.78 is -0.195. The summed E-state index contributed by atoms with van der Waals surface area (Å²) in [6.07, 6.45) is 2.50. The van der Waals surface area contributed by atoms with Crippen LogP contribution in [0.5, 0.6) is 0 Å². The zero-order valence-corrected chi connectivity index (χ0v) is 17.4. The van der Waals surface area contributed by atoms with Crippen LogP contribution in [0.2, 0.25) is 0 Å². The molecular formula is C14H22Cl4N4O2. The summed E-state index contributed by atoms with van der Waals surface area (Å²) in [4.78, 5) is 27.0. The zero-order chi connectivity index (χ0) is 19.3. The molecule has 138 valence electrons. The number of amides is 4. The van der Waals surface area contributed by atoms with E-state index in [-0.39, 0.29) is 8.98 Å². The van der Waals surface area contributed by atoms with Crippen molar-refractivity contribution in [3.63, 3.8) is 0 Å².